The number of aromatic nitrogens is 4. The summed E-state index contributed by atoms with van der Waals surface area (Å²) in [6, 6.07) is 3.56. The van der Waals surface area contributed by atoms with Gasteiger partial charge >= 0.3 is 0 Å². The molecular weight excluding hydrogens is 400 g/mol. The van der Waals surface area contributed by atoms with Gasteiger partial charge in [0.15, 0.2) is 0 Å². The number of pyridine rings is 1. The Labute approximate surface area is 169 Å². The molecule has 3 amide bonds. The molecule has 2 aromatic rings. The number of aromatic amines is 1. The molecule has 146 valence electrons. The zero-order valence-corrected chi connectivity index (χ0v) is 16.7. The summed E-state index contributed by atoms with van der Waals surface area (Å²) in [6.45, 7) is 2.26. The van der Waals surface area contributed by atoms with Gasteiger partial charge in [0, 0.05) is 31.9 Å². The fourth-order valence-electron chi connectivity index (χ4n) is 2.29. The van der Waals surface area contributed by atoms with E-state index in [4.69, 9.17) is 0 Å². The normalized spacial score (nSPS) is 15.5. The molecule has 2 N–H and O–H groups in total. The predicted octanol–water partition coefficient (Wildman–Crippen LogP) is 1.71. The van der Waals surface area contributed by atoms with Gasteiger partial charge in [-0.3, -0.25) is 29.4 Å². The van der Waals surface area contributed by atoms with E-state index in [1.807, 2.05) is 6.92 Å². The van der Waals surface area contributed by atoms with E-state index in [1.54, 1.807) is 30.6 Å². The number of nitrogens with zero attached hydrogens (tertiary/aromatic N) is 4. The van der Waals surface area contributed by atoms with Crippen LogP contribution < -0.4 is 5.32 Å². The number of amides is 3. The Morgan fingerprint density at radius 1 is 1.43 bits per heavy atom. The van der Waals surface area contributed by atoms with Crippen LogP contribution in [0.15, 0.2) is 34.6 Å². The van der Waals surface area contributed by atoms with Crippen molar-refractivity contribution in [2.45, 2.75) is 18.5 Å². The van der Waals surface area contributed by atoms with E-state index >= 15 is 0 Å². The van der Waals surface area contributed by atoms with E-state index in [9.17, 15) is 14.4 Å². The smallest absolute Gasteiger partial charge is 0.293 e. The first kappa shape index (κ1) is 20.1. The number of aryl methyl sites for hydroxylation is 1. The molecule has 0 radical (unpaired) electrons. The maximum atomic E-state index is 12.4. The average molecular weight is 419 g/mol. The number of carbonyl (C=O) groups excluding carboxylic acids is 3. The topological polar surface area (TPSA) is 121 Å². The van der Waals surface area contributed by atoms with E-state index < -0.39 is 0 Å². The summed E-state index contributed by atoms with van der Waals surface area (Å²) < 4.78 is 0. The van der Waals surface area contributed by atoms with E-state index in [1.165, 1.54) is 11.8 Å². The molecule has 0 atom stereocenters. The number of H-pyrrole nitrogens is 1. The highest BCUT2D eigenvalue weighted by molar-refractivity contribution is 8.18. The first-order chi connectivity index (χ1) is 13.6. The molecule has 11 heteroatoms. The van der Waals surface area contributed by atoms with E-state index in [0.717, 1.165) is 34.5 Å². The van der Waals surface area contributed by atoms with Gasteiger partial charge < -0.3 is 5.32 Å². The number of carbonyl (C=O) groups is 3. The maximum absolute atomic E-state index is 12.4. The third kappa shape index (κ3) is 5.20. The molecule has 3 heterocycles. The Balaban J connectivity index is 1.45. The summed E-state index contributed by atoms with van der Waals surface area (Å²) in [5, 5.41) is 9.64. The first-order valence-electron chi connectivity index (χ1n) is 8.53. The van der Waals surface area contributed by atoms with Crippen LogP contribution in [0.4, 0.5) is 4.79 Å². The SMILES string of the molecule is CCc1nc(SCC(=O)NCCN2C(=O)S/C(=C\c3cccnc3)C2=O)n[nH]1. The van der Waals surface area contributed by atoms with Crippen LogP contribution in [-0.2, 0) is 16.0 Å². The molecule has 0 saturated carbocycles. The summed E-state index contributed by atoms with van der Waals surface area (Å²) >= 11 is 2.10. The lowest BCUT2D eigenvalue weighted by Gasteiger charge is -2.12. The van der Waals surface area contributed by atoms with Crippen molar-refractivity contribution in [2.75, 3.05) is 18.8 Å². The van der Waals surface area contributed by atoms with Crippen molar-refractivity contribution in [1.82, 2.24) is 30.4 Å². The maximum Gasteiger partial charge on any atom is 0.293 e. The van der Waals surface area contributed by atoms with E-state index in [2.05, 4.69) is 25.5 Å². The fourth-order valence-corrected chi connectivity index (χ4v) is 3.81. The minimum Gasteiger partial charge on any atom is -0.354 e. The molecule has 0 aromatic carbocycles. The molecule has 1 saturated heterocycles. The Morgan fingerprint density at radius 3 is 3.00 bits per heavy atom. The van der Waals surface area contributed by atoms with Gasteiger partial charge in [0.25, 0.3) is 11.1 Å². The monoisotopic (exact) mass is 418 g/mol. The summed E-state index contributed by atoms with van der Waals surface area (Å²) in [5.74, 6) is 0.340. The number of thioether (sulfide) groups is 2. The van der Waals surface area contributed by atoms with Gasteiger partial charge in [-0.05, 0) is 29.5 Å². The second-order valence-electron chi connectivity index (χ2n) is 5.68. The van der Waals surface area contributed by atoms with Crippen LogP contribution in [0, 0.1) is 0 Å². The minimum absolute atomic E-state index is 0.117. The molecule has 28 heavy (non-hydrogen) atoms. The molecule has 1 fully saturated rings. The summed E-state index contributed by atoms with van der Waals surface area (Å²) in [5.41, 5.74) is 0.747. The summed E-state index contributed by atoms with van der Waals surface area (Å²) in [7, 11) is 0. The van der Waals surface area contributed by atoms with Crippen molar-refractivity contribution in [3.05, 3.63) is 40.8 Å². The van der Waals surface area contributed by atoms with E-state index in [0.29, 0.717) is 10.1 Å². The Hall–Kier alpha value is -2.66. The highest BCUT2D eigenvalue weighted by atomic mass is 32.2. The number of rotatable bonds is 8. The van der Waals surface area contributed by atoms with Gasteiger partial charge in [0.05, 0.1) is 10.7 Å². The van der Waals surface area contributed by atoms with Crippen LogP contribution in [0.5, 0.6) is 0 Å². The molecule has 0 bridgehead atoms. The largest absolute Gasteiger partial charge is 0.354 e. The molecule has 2 aromatic heterocycles. The van der Waals surface area contributed by atoms with Gasteiger partial charge in [-0.25, -0.2) is 4.98 Å². The van der Waals surface area contributed by atoms with Crippen molar-refractivity contribution in [3.63, 3.8) is 0 Å². The molecular formula is C17H18N6O3S2. The van der Waals surface area contributed by atoms with Gasteiger partial charge in [0.2, 0.25) is 11.1 Å². The highest BCUT2D eigenvalue weighted by Crippen LogP contribution is 2.31. The fraction of sp³-hybridized carbons (Fsp3) is 0.294. The molecule has 0 spiro atoms. The van der Waals surface area contributed by atoms with Gasteiger partial charge in [0.1, 0.15) is 5.82 Å². The van der Waals surface area contributed by atoms with Crippen molar-refractivity contribution < 1.29 is 14.4 Å². The summed E-state index contributed by atoms with van der Waals surface area (Å²) in [6.07, 6.45) is 5.62. The lowest BCUT2D eigenvalue weighted by molar-refractivity contribution is -0.123. The minimum atomic E-state index is -0.365. The van der Waals surface area contributed by atoms with Gasteiger partial charge in [-0.15, -0.1) is 5.10 Å². The summed E-state index contributed by atoms with van der Waals surface area (Å²) in [4.78, 5) is 46.1. The Morgan fingerprint density at radius 2 is 2.29 bits per heavy atom. The Kier molecular flexibility index (Phi) is 6.82. The lowest BCUT2D eigenvalue weighted by atomic mass is 10.2. The third-order valence-corrected chi connectivity index (χ3v) is 5.45. The third-order valence-electron chi connectivity index (χ3n) is 3.69. The van der Waals surface area contributed by atoms with Crippen LogP contribution in [0.2, 0.25) is 0 Å². The molecule has 0 aliphatic carbocycles. The zero-order chi connectivity index (χ0) is 19.9. The lowest BCUT2D eigenvalue weighted by Crippen LogP contribution is -2.37. The molecule has 3 rings (SSSR count). The second kappa shape index (κ2) is 9.51. The average Bonchev–Trinajstić information content (AvgIpc) is 3.27. The van der Waals surface area contributed by atoms with Crippen molar-refractivity contribution in [2.24, 2.45) is 0 Å². The number of nitrogens with one attached hydrogen (secondary N) is 2. The van der Waals surface area contributed by atoms with Crippen LogP contribution >= 0.6 is 23.5 Å². The van der Waals surface area contributed by atoms with Gasteiger partial charge in [-0.2, -0.15) is 0 Å². The van der Waals surface area contributed by atoms with Crippen LogP contribution in [0.3, 0.4) is 0 Å². The van der Waals surface area contributed by atoms with Crippen molar-refractivity contribution in [3.8, 4) is 0 Å². The molecule has 9 nitrogen and oxygen atoms in total. The second-order valence-corrected chi connectivity index (χ2v) is 7.61. The zero-order valence-electron chi connectivity index (χ0n) is 15.0. The molecule has 1 aliphatic rings. The van der Waals surface area contributed by atoms with E-state index in [-0.39, 0.29) is 35.9 Å². The predicted molar refractivity (Wildman–Crippen MR) is 106 cm³/mol. The highest BCUT2D eigenvalue weighted by Gasteiger charge is 2.34. The number of hydrogen-bond donors (Lipinski definition) is 2. The molecule has 0 unspecified atom stereocenters. The first-order valence-corrected chi connectivity index (χ1v) is 10.3. The van der Waals surface area contributed by atoms with Gasteiger partial charge in [-0.1, -0.05) is 24.8 Å². The standard InChI is InChI=1S/C17H18N6O3S2/c1-2-13-20-16(22-21-13)27-10-14(24)19-6-7-23-15(25)12(28-17(23)26)8-11-4-3-5-18-9-11/h3-5,8-9H,2,6-7,10H2,1H3,(H,19,24)(H,20,21,22)/b12-8-. The van der Waals surface area contributed by atoms with Crippen molar-refractivity contribution in [1.29, 1.82) is 0 Å². The Bertz CT molecular complexity index is 899. The quantitative estimate of drug-likeness (QED) is 0.491. The van der Waals surface area contributed by atoms with Crippen LogP contribution in [-0.4, -0.2) is 61.0 Å². The number of hydrogen-bond acceptors (Lipinski definition) is 8. The van der Waals surface area contributed by atoms with Crippen LogP contribution in [0.25, 0.3) is 6.08 Å². The van der Waals surface area contributed by atoms with Crippen molar-refractivity contribution >= 4 is 46.7 Å². The molecule has 1 aliphatic heterocycles. The van der Waals surface area contributed by atoms with Crippen LogP contribution in [0.1, 0.15) is 18.3 Å². The number of imide groups is 1.